The molecule has 7 aromatic rings. The molecule has 248 valence electrons. The van der Waals surface area contributed by atoms with Gasteiger partial charge in [-0.3, -0.25) is 0 Å². The van der Waals surface area contributed by atoms with Gasteiger partial charge in [-0.25, -0.2) is 9.98 Å². The fraction of sp³-hybridized carbons (Fsp3) is 0.0417. The van der Waals surface area contributed by atoms with Gasteiger partial charge in [0.2, 0.25) is 0 Å². The zero-order valence-electron chi connectivity index (χ0n) is 28.5. The van der Waals surface area contributed by atoms with Crippen LogP contribution >= 0.6 is 0 Å². The molecule has 0 fully saturated rings. The Labute approximate surface area is 304 Å². The number of fused-ring (bicyclic) bond motifs is 1. The van der Waals surface area contributed by atoms with Crippen LogP contribution in [0.3, 0.4) is 0 Å². The molecule has 0 amide bonds. The van der Waals surface area contributed by atoms with E-state index in [1.807, 2.05) is 18.3 Å². The van der Waals surface area contributed by atoms with E-state index in [-0.39, 0.29) is 12.1 Å². The molecule has 0 saturated carbocycles. The molecule has 2 atom stereocenters. The zero-order valence-corrected chi connectivity index (χ0v) is 28.5. The van der Waals surface area contributed by atoms with Crippen LogP contribution < -0.4 is 10.6 Å². The highest BCUT2D eigenvalue weighted by atomic mass is 15.1. The SMILES string of the molecule is C1=CNC(c2cc(C3=Nc4cc(-c5ccccc5)ccc4C(c4ccccc4)N3)cc(-c3cc(-c4ccccc4)cc(-c4ccccc4)n3)c2)C=C1. The number of hydrogen-bond donors (Lipinski definition) is 2. The van der Waals surface area contributed by atoms with Crippen LogP contribution in [0.1, 0.15) is 34.3 Å². The Hall–Kier alpha value is -6.78. The Kier molecular flexibility index (Phi) is 8.32. The molecule has 2 unspecified atom stereocenters. The van der Waals surface area contributed by atoms with Crippen molar-refractivity contribution >= 4 is 11.5 Å². The molecule has 3 heterocycles. The number of nitrogens with one attached hydrogen (secondary N) is 2. The summed E-state index contributed by atoms with van der Waals surface area (Å²) in [6.45, 7) is 0. The van der Waals surface area contributed by atoms with Gasteiger partial charge < -0.3 is 10.6 Å². The maximum absolute atomic E-state index is 5.36. The highest BCUT2D eigenvalue weighted by molar-refractivity contribution is 6.03. The molecule has 52 heavy (non-hydrogen) atoms. The number of aliphatic imine (C=N–C) groups is 1. The van der Waals surface area contributed by atoms with E-state index in [1.54, 1.807) is 0 Å². The van der Waals surface area contributed by atoms with Crippen LogP contribution in [0.25, 0.3) is 44.8 Å². The zero-order chi connectivity index (χ0) is 34.7. The Balaban J connectivity index is 1.23. The summed E-state index contributed by atoms with van der Waals surface area (Å²) in [6.07, 6.45) is 8.31. The maximum atomic E-state index is 5.36. The van der Waals surface area contributed by atoms with Gasteiger partial charge in [-0.2, -0.15) is 0 Å². The smallest absolute Gasteiger partial charge is 0.134 e. The minimum atomic E-state index is -0.0690. The largest absolute Gasteiger partial charge is 0.381 e. The van der Waals surface area contributed by atoms with Crippen molar-refractivity contribution in [2.75, 3.05) is 0 Å². The Morgan fingerprint density at radius 1 is 0.442 bits per heavy atom. The van der Waals surface area contributed by atoms with E-state index < -0.39 is 0 Å². The second kappa shape index (κ2) is 13.9. The van der Waals surface area contributed by atoms with Gasteiger partial charge in [0.05, 0.1) is 29.2 Å². The van der Waals surface area contributed by atoms with E-state index in [4.69, 9.17) is 9.98 Å². The molecule has 4 nitrogen and oxygen atoms in total. The fourth-order valence-electron chi connectivity index (χ4n) is 7.12. The average Bonchev–Trinajstić information content (AvgIpc) is 3.24. The summed E-state index contributed by atoms with van der Waals surface area (Å²) < 4.78 is 0. The molecular formula is C48H36N4. The van der Waals surface area contributed by atoms with Crippen LogP contribution in [-0.2, 0) is 0 Å². The quantitative estimate of drug-likeness (QED) is 0.178. The number of amidine groups is 1. The third kappa shape index (κ3) is 6.34. The first kappa shape index (κ1) is 31.2. The maximum Gasteiger partial charge on any atom is 0.134 e. The summed E-state index contributed by atoms with van der Waals surface area (Å²) in [5.41, 5.74) is 14.0. The van der Waals surface area contributed by atoms with Crippen molar-refractivity contribution in [1.82, 2.24) is 15.6 Å². The Morgan fingerprint density at radius 2 is 1.06 bits per heavy atom. The number of benzene rings is 6. The Bertz CT molecular complexity index is 2390. The molecule has 4 heteroatoms. The molecule has 2 aliphatic heterocycles. The van der Waals surface area contributed by atoms with E-state index in [0.29, 0.717) is 0 Å². The molecule has 0 bridgehead atoms. The number of dihydropyridines is 1. The monoisotopic (exact) mass is 668 g/mol. The van der Waals surface area contributed by atoms with Crippen LogP contribution in [0.4, 0.5) is 5.69 Å². The molecule has 0 aliphatic carbocycles. The van der Waals surface area contributed by atoms with Gasteiger partial charge >= 0.3 is 0 Å². The number of allylic oxidation sites excluding steroid dienone is 2. The summed E-state index contributed by atoms with van der Waals surface area (Å²) in [5.74, 6) is 0.826. The van der Waals surface area contributed by atoms with Gasteiger partial charge in [-0.1, -0.05) is 146 Å². The first-order valence-corrected chi connectivity index (χ1v) is 17.7. The van der Waals surface area contributed by atoms with E-state index >= 15 is 0 Å². The molecule has 0 radical (unpaired) electrons. The first-order valence-electron chi connectivity index (χ1n) is 17.7. The standard InChI is InChI=1S/C48H36N4/c1-5-15-33(16-6-1)37-24-25-42-46(30-37)51-48(52-47(42)36-21-11-4-12-22-36)41-28-39(43-23-13-14-26-49-43)27-40(29-41)45-32-38(34-17-7-2-8-18-34)31-44(50-45)35-19-9-3-10-20-35/h1-32,43,47,49H,(H,51,52). The van der Waals surface area contributed by atoms with Crippen LogP contribution in [-0.4, -0.2) is 10.8 Å². The van der Waals surface area contributed by atoms with Crippen LogP contribution in [0, 0.1) is 0 Å². The molecular weight excluding hydrogens is 633 g/mol. The molecule has 0 spiro atoms. The number of nitrogens with zero attached hydrogens (tertiary/aromatic N) is 2. The lowest BCUT2D eigenvalue weighted by Gasteiger charge is -2.29. The highest BCUT2D eigenvalue weighted by Gasteiger charge is 2.26. The predicted molar refractivity (Wildman–Crippen MR) is 214 cm³/mol. The van der Waals surface area contributed by atoms with Gasteiger partial charge in [0, 0.05) is 22.3 Å². The van der Waals surface area contributed by atoms with Crippen molar-refractivity contribution < 1.29 is 0 Å². The topological polar surface area (TPSA) is 49.3 Å². The number of aromatic nitrogens is 1. The summed E-state index contributed by atoms with van der Waals surface area (Å²) in [7, 11) is 0. The van der Waals surface area contributed by atoms with E-state index in [9.17, 15) is 0 Å². The van der Waals surface area contributed by atoms with Crippen LogP contribution in [0.15, 0.2) is 199 Å². The van der Waals surface area contributed by atoms with Crippen molar-refractivity contribution in [3.8, 4) is 44.8 Å². The second-order valence-electron chi connectivity index (χ2n) is 13.2. The summed E-state index contributed by atoms with van der Waals surface area (Å²) in [6, 6.07) is 59.8. The fourth-order valence-corrected chi connectivity index (χ4v) is 7.12. The van der Waals surface area contributed by atoms with Crippen LogP contribution in [0.5, 0.6) is 0 Å². The lowest BCUT2D eigenvalue weighted by atomic mass is 9.91. The number of pyridine rings is 1. The Morgan fingerprint density at radius 3 is 1.73 bits per heavy atom. The summed E-state index contributed by atoms with van der Waals surface area (Å²) in [5, 5.41) is 7.41. The minimum Gasteiger partial charge on any atom is -0.381 e. The minimum absolute atomic E-state index is 0.000630. The van der Waals surface area contributed by atoms with Gasteiger partial charge in [-0.05, 0) is 82.1 Å². The molecule has 6 aromatic carbocycles. The lowest BCUT2D eigenvalue weighted by molar-refractivity contribution is 0.741. The van der Waals surface area contributed by atoms with Crippen molar-refractivity contribution in [1.29, 1.82) is 0 Å². The molecule has 1 aromatic heterocycles. The first-order chi connectivity index (χ1) is 25.7. The third-order valence-corrected chi connectivity index (χ3v) is 9.77. The predicted octanol–water partition coefficient (Wildman–Crippen LogP) is 11.2. The highest BCUT2D eigenvalue weighted by Crippen LogP contribution is 2.39. The van der Waals surface area contributed by atoms with Gasteiger partial charge in [-0.15, -0.1) is 0 Å². The van der Waals surface area contributed by atoms with Crippen LogP contribution in [0.2, 0.25) is 0 Å². The lowest BCUT2D eigenvalue weighted by Crippen LogP contribution is -2.33. The molecule has 2 N–H and O–H groups in total. The van der Waals surface area contributed by atoms with Gasteiger partial charge in [0.25, 0.3) is 0 Å². The van der Waals surface area contributed by atoms with Crippen molar-refractivity contribution in [3.05, 3.63) is 217 Å². The van der Waals surface area contributed by atoms with Gasteiger partial charge in [0.15, 0.2) is 0 Å². The van der Waals surface area contributed by atoms with Crippen molar-refractivity contribution in [2.45, 2.75) is 12.1 Å². The molecule has 9 rings (SSSR count). The molecule has 2 aliphatic rings. The van der Waals surface area contributed by atoms with E-state index in [2.05, 4.69) is 187 Å². The van der Waals surface area contributed by atoms with E-state index in [0.717, 1.165) is 67.4 Å². The second-order valence-corrected chi connectivity index (χ2v) is 13.2. The van der Waals surface area contributed by atoms with Crippen molar-refractivity contribution in [3.63, 3.8) is 0 Å². The summed E-state index contributed by atoms with van der Waals surface area (Å²) >= 11 is 0. The summed E-state index contributed by atoms with van der Waals surface area (Å²) in [4.78, 5) is 10.7. The van der Waals surface area contributed by atoms with Gasteiger partial charge in [0.1, 0.15) is 5.84 Å². The average molecular weight is 669 g/mol. The van der Waals surface area contributed by atoms with Crippen molar-refractivity contribution in [2.24, 2.45) is 4.99 Å². The third-order valence-electron chi connectivity index (χ3n) is 9.77. The normalized spacial score (nSPS) is 16.0. The number of rotatable bonds is 7. The number of hydrogen-bond acceptors (Lipinski definition) is 4. The van der Waals surface area contributed by atoms with E-state index in [1.165, 1.54) is 11.1 Å². The molecule has 0 saturated heterocycles.